The number of phenols is 1. The third-order valence-corrected chi connectivity index (χ3v) is 5.72. The molecule has 0 aliphatic heterocycles. The number of esters is 1. The van der Waals surface area contributed by atoms with Gasteiger partial charge in [0, 0.05) is 0 Å². The van der Waals surface area contributed by atoms with Crippen molar-refractivity contribution in [2.75, 3.05) is 13.2 Å². The molecule has 0 amide bonds. The van der Waals surface area contributed by atoms with E-state index >= 15 is 0 Å². The Hall–Kier alpha value is -5.62. The minimum absolute atomic E-state index is 0.114. The van der Waals surface area contributed by atoms with E-state index in [2.05, 4.69) is 13.2 Å². The molecule has 0 saturated heterocycles. The highest BCUT2D eigenvalue weighted by atomic mass is 16.5. The smallest absolute Gasteiger partial charge is 0.339 e. The van der Waals surface area contributed by atoms with Crippen LogP contribution in [0.2, 0.25) is 0 Å². The number of hydrogen-bond acceptors (Lipinski definition) is 5. The molecular weight excluding hydrogens is 528 g/mol. The molecule has 0 radical (unpaired) electrons. The summed E-state index contributed by atoms with van der Waals surface area (Å²) < 4.78 is 10.7. The summed E-state index contributed by atoms with van der Waals surface area (Å²) in [6.07, 6.45) is 6.64. The molecular formula is C36H32O6. The standard InChI is InChI=1S/C21H20O3.C15H12O3/c1-3-14-23-19-12-10-18(11-13-19)20(21(22)24-15-4-2)16-17-8-6-5-7-9-17;16-13-8-6-12(7-9-13)14(15(17)18)10-11-4-2-1-3-5-11/h3-13,16H,1-2,14-15H2;1-10,16H,(H,17,18). The lowest BCUT2D eigenvalue weighted by Crippen LogP contribution is -2.07. The van der Waals surface area contributed by atoms with Crippen LogP contribution in [0.5, 0.6) is 11.5 Å². The molecule has 0 aromatic heterocycles. The van der Waals surface area contributed by atoms with Crippen LogP contribution in [0.25, 0.3) is 23.3 Å². The fourth-order valence-electron chi connectivity index (χ4n) is 3.70. The zero-order chi connectivity index (χ0) is 30.2. The van der Waals surface area contributed by atoms with Crippen LogP contribution in [-0.4, -0.2) is 35.4 Å². The van der Waals surface area contributed by atoms with E-state index in [-0.39, 0.29) is 17.9 Å². The van der Waals surface area contributed by atoms with Gasteiger partial charge in [0.1, 0.15) is 24.7 Å². The lowest BCUT2D eigenvalue weighted by molar-refractivity contribution is -0.135. The molecule has 0 saturated carbocycles. The number of rotatable bonds is 11. The van der Waals surface area contributed by atoms with Crippen LogP contribution >= 0.6 is 0 Å². The van der Waals surface area contributed by atoms with Crippen molar-refractivity contribution in [3.05, 3.63) is 157 Å². The normalized spacial score (nSPS) is 11.0. The molecule has 212 valence electrons. The van der Waals surface area contributed by atoms with Crippen molar-refractivity contribution in [1.29, 1.82) is 0 Å². The summed E-state index contributed by atoms with van der Waals surface area (Å²) in [6, 6.07) is 32.3. The topological polar surface area (TPSA) is 93.1 Å². The summed E-state index contributed by atoms with van der Waals surface area (Å²) in [5.74, 6) is -0.552. The second-order valence-corrected chi connectivity index (χ2v) is 8.80. The molecule has 0 atom stereocenters. The maximum Gasteiger partial charge on any atom is 0.339 e. The van der Waals surface area contributed by atoms with Crippen LogP contribution in [0.4, 0.5) is 0 Å². The summed E-state index contributed by atoms with van der Waals surface area (Å²) in [5.41, 5.74) is 3.75. The predicted molar refractivity (Wildman–Crippen MR) is 168 cm³/mol. The van der Waals surface area contributed by atoms with Gasteiger partial charge in [0.15, 0.2) is 0 Å². The highest BCUT2D eigenvalue weighted by Gasteiger charge is 2.14. The third kappa shape index (κ3) is 9.84. The van der Waals surface area contributed by atoms with Crippen molar-refractivity contribution >= 4 is 35.2 Å². The van der Waals surface area contributed by atoms with E-state index in [1.54, 1.807) is 30.4 Å². The Bertz CT molecular complexity index is 1520. The number of aliphatic carboxylic acids is 1. The van der Waals surface area contributed by atoms with Crippen LogP contribution < -0.4 is 4.74 Å². The summed E-state index contributed by atoms with van der Waals surface area (Å²) >= 11 is 0. The Morgan fingerprint density at radius 2 is 1.12 bits per heavy atom. The maximum absolute atomic E-state index is 12.4. The lowest BCUT2D eigenvalue weighted by atomic mass is 10.0. The first-order valence-electron chi connectivity index (χ1n) is 13.1. The van der Waals surface area contributed by atoms with Crippen molar-refractivity contribution in [2.24, 2.45) is 0 Å². The molecule has 0 aliphatic rings. The number of benzene rings is 4. The summed E-state index contributed by atoms with van der Waals surface area (Å²) in [6.45, 7) is 7.79. The van der Waals surface area contributed by atoms with Gasteiger partial charge in [-0.15, -0.1) is 0 Å². The first-order valence-corrected chi connectivity index (χ1v) is 13.1. The largest absolute Gasteiger partial charge is 0.508 e. The Labute approximate surface area is 245 Å². The molecule has 0 bridgehead atoms. The average Bonchev–Trinajstić information content (AvgIpc) is 3.02. The molecule has 0 aliphatic carbocycles. The first-order chi connectivity index (χ1) is 20.4. The molecule has 4 aromatic rings. The number of carboxylic acids is 1. The molecule has 4 aromatic carbocycles. The summed E-state index contributed by atoms with van der Waals surface area (Å²) in [5, 5.41) is 18.4. The molecule has 4 rings (SSSR count). The van der Waals surface area contributed by atoms with E-state index in [0.717, 1.165) is 22.4 Å². The van der Waals surface area contributed by atoms with Crippen molar-refractivity contribution in [3.63, 3.8) is 0 Å². The Balaban J connectivity index is 0.000000240. The highest BCUT2D eigenvalue weighted by molar-refractivity contribution is 6.21. The number of hydrogen-bond donors (Lipinski definition) is 2. The molecule has 0 heterocycles. The number of phenolic OH excluding ortho intramolecular Hbond substituents is 1. The van der Waals surface area contributed by atoms with Crippen molar-refractivity contribution in [3.8, 4) is 11.5 Å². The average molecular weight is 561 g/mol. The molecule has 6 nitrogen and oxygen atoms in total. The van der Waals surface area contributed by atoms with E-state index in [1.165, 1.54) is 12.1 Å². The summed E-state index contributed by atoms with van der Waals surface area (Å²) in [7, 11) is 0. The minimum Gasteiger partial charge on any atom is -0.508 e. The van der Waals surface area contributed by atoms with Gasteiger partial charge in [-0.1, -0.05) is 110 Å². The van der Waals surface area contributed by atoms with E-state index in [1.807, 2.05) is 91.0 Å². The fraction of sp³-hybridized carbons (Fsp3) is 0.0556. The van der Waals surface area contributed by atoms with Gasteiger partial charge in [-0.05, 0) is 58.7 Å². The van der Waals surface area contributed by atoms with E-state index in [4.69, 9.17) is 9.47 Å². The van der Waals surface area contributed by atoms with Crippen LogP contribution in [0.3, 0.4) is 0 Å². The molecule has 42 heavy (non-hydrogen) atoms. The van der Waals surface area contributed by atoms with E-state index in [0.29, 0.717) is 17.7 Å². The number of carboxylic acid groups (broad SMARTS) is 1. The van der Waals surface area contributed by atoms with Crippen LogP contribution in [-0.2, 0) is 14.3 Å². The molecule has 0 fully saturated rings. The van der Waals surface area contributed by atoms with Crippen LogP contribution in [0.15, 0.2) is 135 Å². The number of aromatic hydroxyl groups is 1. The van der Waals surface area contributed by atoms with Crippen molar-refractivity contribution < 1.29 is 29.3 Å². The van der Waals surface area contributed by atoms with Crippen LogP contribution in [0, 0.1) is 0 Å². The van der Waals surface area contributed by atoms with E-state index < -0.39 is 11.9 Å². The Kier molecular flexibility index (Phi) is 12.1. The predicted octanol–water partition coefficient (Wildman–Crippen LogP) is 7.54. The summed E-state index contributed by atoms with van der Waals surface area (Å²) in [4.78, 5) is 23.6. The van der Waals surface area contributed by atoms with Gasteiger partial charge in [-0.3, -0.25) is 0 Å². The maximum atomic E-state index is 12.4. The number of carbonyl (C=O) groups excluding carboxylic acids is 1. The molecule has 0 unspecified atom stereocenters. The molecule has 2 N–H and O–H groups in total. The van der Waals surface area contributed by atoms with Gasteiger partial charge in [-0.25, -0.2) is 9.59 Å². The second-order valence-electron chi connectivity index (χ2n) is 8.80. The second kappa shape index (κ2) is 16.5. The lowest BCUT2D eigenvalue weighted by Gasteiger charge is -2.09. The monoisotopic (exact) mass is 560 g/mol. The van der Waals surface area contributed by atoms with Crippen molar-refractivity contribution in [2.45, 2.75) is 0 Å². The first kappa shape index (κ1) is 30.9. The van der Waals surface area contributed by atoms with Gasteiger partial charge in [0.25, 0.3) is 0 Å². The quantitative estimate of drug-likeness (QED) is 0.0852. The van der Waals surface area contributed by atoms with Gasteiger partial charge in [-0.2, -0.15) is 0 Å². The highest BCUT2D eigenvalue weighted by Crippen LogP contribution is 2.23. The number of carbonyl (C=O) groups is 2. The fourth-order valence-corrected chi connectivity index (χ4v) is 3.70. The Morgan fingerprint density at radius 1 is 0.643 bits per heavy atom. The third-order valence-electron chi connectivity index (χ3n) is 5.72. The van der Waals surface area contributed by atoms with Gasteiger partial charge in [0.05, 0.1) is 11.1 Å². The van der Waals surface area contributed by atoms with Crippen LogP contribution in [0.1, 0.15) is 22.3 Å². The van der Waals surface area contributed by atoms with Crippen molar-refractivity contribution in [1.82, 2.24) is 0 Å². The minimum atomic E-state index is -0.996. The zero-order valence-corrected chi connectivity index (χ0v) is 23.1. The molecule has 6 heteroatoms. The van der Waals surface area contributed by atoms with Gasteiger partial charge >= 0.3 is 11.9 Å². The zero-order valence-electron chi connectivity index (χ0n) is 23.1. The molecule has 0 spiro atoms. The van der Waals surface area contributed by atoms with Gasteiger partial charge < -0.3 is 19.7 Å². The SMILES string of the molecule is C=CCOC(=O)C(=Cc1ccccc1)c1ccc(OCC=C)cc1.O=C(O)C(=Cc1ccccc1)c1ccc(O)cc1. The van der Waals surface area contributed by atoms with Gasteiger partial charge in [0.2, 0.25) is 0 Å². The van der Waals surface area contributed by atoms with E-state index in [9.17, 15) is 19.8 Å². The number of ether oxygens (including phenoxy) is 2. The Morgan fingerprint density at radius 3 is 1.62 bits per heavy atom.